The van der Waals surface area contributed by atoms with Gasteiger partial charge in [-0.05, 0) is 18.9 Å². The Hall–Kier alpha value is -0.900. The van der Waals surface area contributed by atoms with Crippen molar-refractivity contribution >= 4 is 29.9 Å². The Morgan fingerprint density at radius 3 is 2.44 bits per heavy atom. The van der Waals surface area contributed by atoms with E-state index in [1.165, 1.54) is 5.56 Å². The van der Waals surface area contributed by atoms with E-state index >= 15 is 0 Å². The second-order valence-electron chi connectivity index (χ2n) is 6.64. The van der Waals surface area contributed by atoms with Crippen LogP contribution in [0.3, 0.4) is 0 Å². The van der Waals surface area contributed by atoms with Crippen molar-refractivity contribution in [3.63, 3.8) is 0 Å². The van der Waals surface area contributed by atoms with Crippen LogP contribution in [0, 0.1) is 0 Å². The fourth-order valence-electron chi connectivity index (χ4n) is 3.11. The number of nitrogens with zero attached hydrogens (tertiary/aromatic N) is 3. The summed E-state index contributed by atoms with van der Waals surface area (Å²) in [5.74, 6) is 0.886. The van der Waals surface area contributed by atoms with Crippen LogP contribution in [0.1, 0.15) is 18.9 Å². The van der Waals surface area contributed by atoms with Gasteiger partial charge in [0, 0.05) is 66.0 Å². The van der Waals surface area contributed by atoms with Crippen LogP contribution in [0.2, 0.25) is 0 Å². The smallest absolute Gasteiger partial charge is 0.191 e. The summed E-state index contributed by atoms with van der Waals surface area (Å²) in [7, 11) is 1.71. The summed E-state index contributed by atoms with van der Waals surface area (Å²) in [5.41, 5.74) is 1.41. The lowest BCUT2D eigenvalue weighted by atomic mass is 10.2. The quantitative estimate of drug-likeness (QED) is 0.228. The molecule has 0 bridgehead atoms. The third kappa shape index (κ3) is 10.3. The highest BCUT2D eigenvalue weighted by Crippen LogP contribution is 2.08. The van der Waals surface area contributed by atoms with Crippen LogP contribution in [-0.4, -0.2) is 81.8 Å². The van der Waals surface area contributed by atoms with Crippen molar-refractivity contribution in [1.82, 2.24) is 20.4 Å². The molecule has 7 heteroatoms. The van der Waals surface area contributed by atoms with Crippen molar-refractivity contribution in [1.29, 1.82) is 0 Å². The van der Waals surface area contributed by atoms with E-state index in [0.29, 0.717) is 6.61 Å². The molecule has 6 nitrogen and oxygen atoms in total. The second kappa shape index (κ2) is 15.1. The second-order valence-corrected chi connectivity index (χ2v) is 6.64. The minimum Gasteiger partial charge on any atom is -0.383 e. The summed E-state index contributed by atoms with van der Waals surface area (Å²) in [6.45, 7) is 12.1. The van der Waals surface area contributed by atoms with Gasteiger partial charge in [-0.1, -0.05) is 30.3 Å². The monoisotopic (exact) mass is 489 g/mol. The van der Waals surface area contributed by atoms with Crippen LogP contribution in [0.5, 0.6) is 0 Å². The molecule has 1 aromatic carbocycles. The number of hydrogen-bond donors (Lipinski definition) is 2. The molecule has 0 spiro atoms. The molecule has 2 N–H and O–H groups in total. The number of aliphatic imine (C=N–C) groups is 1. The summed E-state index contributed by atoms with van der Waals surface area (Å²) in [5, 5.41) is 6.55. The molecule has 1 aliphatic heterocycles. The van der Waals surface area contributed by atoms with Crippen molar-refractivity contribution in [2.75, 3.05) is 66.1 Å². The third-order valence-corrected chi connectivity index (χ3v) is 4.56. The normalized spacial score (nSPS) is 16.0. The largest absolute Gasteiger partial charge is 0.383 e. The predicted octanol–water partition coefficient (Wildman–Crippen LogP) is 2.01. The fourth-order valence-corrected chi connectivity index (χ4v) is 3.11. The first kappa shape index (κ1) is 24.1. The Kier molecular flexibility index (Phi) is 13.5. The number of hydrogen-bond acceptors (Lipinski definition) is 4. The number of methoxy groups -OCH3 is 1. The van der Waals surface area contributed by atoms with E-state index in [1.54, 1.807) is 7.11 Å². The van der Waals surface area contributed by atoms with Crippen LogP contribution in [0.4, 0.5) is 0 Å². The Morgan fingerprint density at radius 1 is 1.07 bits per heavy atom. The van der Waals surface area contributed by atoms with E-state index in [2.05, 4.69) is 62.7 Å². The van der Waals surface area contributed by atoms with E-state index in [-0.39, 0.29) is 24.0 Å². The zero-order valence-electron chi connectivity index (χ0n) is 16.8. The topological polar surface area (TPSA) is 52.1 Å². The van der Waals surface area contributed by atoms with E-state index in [1.807, 2.05) is 0 Å². The summed E-state index contributed by atoms with van der Waals surface area (Å²) >= 11 is 0. The first-order valence-corrected chi connectivity index (χ1v) is 9.81. The van der Waals surface area contributed by atoms with Gasteiger partial charge in [0.05, 0.1) is 6.61 Å². The maximum atomic E-state index is 5.07. The van der Waals surface area contributed by atoms with E-state index in [0.717, 1.165) is 71.3 Å². The van der Waals surface area contributed by atoms with Crippen LogP contribution < -0.4 is 10.6 Å². The average molecular weight is 489 g/mol. The van der Waals surface area contributed by atoms with E-state index < -0.39 is 0 Å². The molecule has 0 saturated carbocycles. The van der Waals surface area contributed by atoms with Gasteiger partial charge < -0.3 is 20.3 Å². The molecule has 0 atom stereocenters. The Labute approximate surface area is 181 Å². The summed E-state index contributed by atoms with van der Waals surface area (Å²) < 4.78 is 5.07. The average Bonchev–Trinajstić information content (AvgIpc) is 2.67. The molecule has 154 valence electrons. The van der Waals surface area contributed by atoms with E-state index in [9.17, 15) is 0 Å². The van der Waals surface area contributed by atoms with Crippen molar-refractivity contribution in [3.05, 3.63) is 35.9 Å². The maximum absolute atomic E-state index is 5.07. The SMILES string of the molecule is CCNC(=NCCCN1CCN(Cc2ccccc2)CC1)NCCOC.I. The number of piperazine rings is 1. The highest BCUT2D eigenvalue weighted by atomic mass is 127. The standard InChI is InChI=1S/C20H35N5O.HI/c1-3-21-20(23-11-17-26-2)22-10-7-12-24-13-15-25(16-14-24)18-19-8-5-4-6-9-19;/h4-6,8-9H,3,7,10-18H2,1-2H3,(H2,21,22,23);1H. The molecule has 27 heavy (non-hydrogen) atoms. The molecule has 0 radical (unpaired) electrons. The van der Waals surface area contributed by atoms with Gasteiger partial charge in [-0.25, -0.2) is 0 Å². The van der Waals surface area contributed by atoms with Crippen LogP contribution >= 0.6 is 24.0 Å². The number of guanidine groups is 1. The van der Waals surface area contributed by atoms with Crippen molar-refractivity contribution in [2.45, 2.75) is 19.9 Å². The first-order valence-electron chi connectivity index (χ1n) is 9.81. The first-order chi connectivity index (χ1) is 12.8. The molecular formula is C20H36IN5O. The molecule has 1 aliphatic rings. The number of benzene rings is 1. The molecule has 2 rings (SSSR count). The van der Waals surface area contributed by atoms with Crippen LogP contribution in [0.25, 0.3) is 0 Å². The summed E-state index contributed by atoms with van der Waals surface area (Å²) in [6.07, 6.45) is 1.10. The molecule has 0 aliphatic carbocycles. The van der Waals surface area contributed by atoms with Crippen molar-refractivity contribution in [2.24, 2.45) is 4.99 Å². The number of halogens is 1. The molecule has 1 saturated heterocycles. The molecule has 0 amide bonds. The molecule has 1 aromatic rings. The molecule has 1 fully saturated rings. The van der Waals surface area contributed by atoms with Gasteiger partial charge in [0.1, 0.15) is 0 Å². The van der Waals surface area contributed by atoms with Gasteiger partial charge in [-0.2, -0.15) is 0 Å². The highest BCUT2D eigenvalue weighted by molar-refractivity contribution is 14.0. The van der Waals surface area contributed by atoms with E-state index in [4.69, 9.17) is 4.74 Å². The number of ether oxygens (including phenoxy) is 1. The fraction of sp³-hybridized carbons (Fsp3) is 0.650. The minimum atomic E-state index is 0. The lowest BCUT2D eigenvalue weighted by molar-refractivity contribution is 0.127. The van der Waals surface area contributed by atoms with Gasteiger partial charge in [-0.15, -0.1) is 24.0 Å². The lowest BCUT2D eigenvalue weighted by Gasteiger charge is -2.34. The predicted molar refractivity (Wildman–Crippen MR) is 124 cm³/mol. The maximum Gasteiger partial charge on any atom is 0.191 e. The van der Waals surface area contributed by atoms with Crippen molar-refractivity contribution < 1.29 is 4.74 Å². The Morgan fingerprint density at radius 2 is 1.78 bits per heavy atom. The molecule has 0 unspecified atom stereocenters. The van der Waals surface area contributed by atoms with Crippen LogP contribution in [-0.2, 0) is 11.3 Å². The third-order valence-electron chi connectivity index (χ3n) is 4.56. The van der Waals surface area contributed by atoms with Gasteiger partial charge in [0.25, 0.3) is 0 Å². The summed E-state index contributed by atoms with van der Waals surface area (Å²) in [6, 6.07) is 10.8. The van der Waals surface area contributed by atoms with Gasteiger partial charge in [0.2, 0.25) is 0 Å². The highest BCUT2D eigenvalue weighted by Gasteiger charge is 2.16. The molecule has 1 heterocycles. The Balaban J connectivity index is 0.00000364. The number of nitrogens with one attached hydrogen (secondary N) is 2. The number of rotatable bonds is 10. The van der Waals surface area contributed by atoms with Crippen LogP contribution in [0.15, 0.2) is 35.3 Å². The van der Waals surface area contributed by atoms with Gasteiger partial charge >= 0.3 is 0 Å². The lowest BCUT2D eigenvalue weighted by Crippen LogP contribution is -2.46. The zero-order valence-corrected chi connectivity index (χ0v) is 19.2. The molecule has 0 aromatic heterocycles. The van der Waals surface area contributed by atoms with Gasteiger partial charge in [-0.3, -0.25) is 9.89 Å². The van der Waals surface area contributed by atoms with Gasteiger partial charge in [0.15, 0.2) is 5.96 Å². The zero-order chi connectivity index (χ0) is 18.5. The molecular weight excluding hydrogens is 453 g/mol. The summed E-state index contributed by atoms with van der Waals surface area (Å²) in [4.78, 5) is 9.75. The minimum absolute atomic E-state index is 0. The Bertz CT molecular complexity index is 506. The van der Waals surface area contributed by atoms with Crippen molar-refractivity contribution in [3.8, 4) is 0 Å².